The van der Waals surface area contributed by atoms with Crippen molar-refractivity contribution >= 4 is 5.88 Å². The largest absolute Gasteiger partial charge is 0.418 e. The first-order valence-electron chi connectivity index (χ1n) is 7.27. The molecule has 0 spiro atoms. The summed E-state index contributed by atoms with van der Waals surface area (Å²) in [7, 11) is 0. The van der Waals surface area contributed by atoms with Gasteiger partial charge in [0.2, 0.25) is 17.6 Å². The van der Waals surface area contributed by atoms with Crippen molar-refractivity contribution in [1.29, 1.82) is 0 Å². The number of hydrazine groups is 1. The lowest BCUT2D eigenvalue weighted by molar-refractivity contribution is 0.431. The van der Waals surface area contributed by atoms with Crippen LogP contribution < -0.4 is 11.3 Å². The maximum Gasteiger partial charge on any atom is 0.282 e. The molecule has 0 aliphatic carbocycles. The summed E-state index contributed by atoms with van der Waals surface area (Å²) in [6.45, 7) is 0. The van der Waals surface area contributed by atoms with Crippen LogP contribution in [0.5, 0.6) is 0 Å². The van der Waals surface area contributed by atoms with Gasteiger partial charge in [0, 0.05) is 11.1 Å². The molecule has 24 heavy (non-hydrogen) atoms. The number of anilines is 1. The Labute approximate surface area is 137 Å². The molecule has 0 fully saturated rings. The van der Waals surface area contributed by atoms with Gasteiger partial charge in [0.1, 0.15) is 0 Å². The van der Waals surface area contributed by atoms with Gasteiger partial charge in [0.05, 0.1) is 0 Å². The molecule has 0 aliphatic heterocycles. The zero-order valence-corrected chi connectivity index (χ0v) is 12.5. The molecule has 4 rings (SSSR count). The minimum absolute atomic E-state index is 0.229. The highest BCUT2D eigenvalue weighted by Gasteiger charge is 2.21. The Morgan fingerprint density at radius 3 is 2.12 bits per heavy atom. The van der Waals surface area contributed by atoms with Crippen molar-refractivity contribution in [3.05, 3.63) is 60.7 Å². The summed E-state index contributed by atoms with van der Waals surface area (Å²) in [5, 5.41) is 3.98. The van der Waals surface area contributed by atoms with E-state index in [1.165, 1.54) is 0 Å². The number of hydrogen-bond acceptors (Lipinski definition) is 7. The molecule has 0 atom stereocenters. The summed E-state index contributed by atoms with van der Waals surface area (Å²) >= 11 is 0. The summed E-state index contributed by atoms with van der Waals surface area (Å²) in [5.41, 5.74) is 4.51. The molecule has 7 heteroatoms. The molecule has 7 nitrogen and oxygen atoms in total. The van der Waals surface area contributed by atoms with Crippen LogP contribution in [0.4, 0.5) is 5.88 Å². The molecule has 0 unspecified atom stereocenters. The Morgan fingerprint density at radius 2 is 1.46 bits per heavy atom. The quantitative estimate of drug-likeness (QED) is 0.439. The second-order valence-electron chi connectivity index (χ2n) is 5.00. The van der Waals surface area contributed by atoms with Crippen molar-refractivity contribution in [3.8, 4) is 34.4 Å². The van der Waals surface area contributed by atoms with E-state index in [2.05, 4.69) is 20.6 Å². The second-order valence-corrected chi connectivity index (χ2v) is 5.00. The van der Waals surface area contributed by atoms with E-state index in [9.17, 15) is 0 Å². The topological polar surface area (TPSA) is 103 Å². The van der Waals surface area contributed by atoms with Crippen molar-refractivity contribution in [2.45, 2.75) is 0 Å². The number of oxazole rings is 1. The van der Waals surface area contributed by atoms with Crippen LogP contribution in [-0.2, 0) is 0 Å². The van der Waals surface area contributed by atoms with Crippen LogP contribution in [0.1, 0.15) is 0 Å². The zero-order chi connectivity index (χ0) is 16.4. The van der Waals surface area contributed by atoms with E-state index in [1.807, 2.05) is 60.7 Å². The van der Waals surface area contributed by atoms with E-state index in [-0.39, 0.29) is 11.8 Å². The number of rotatable bonds is 4. The lowest BCUT2D eigenvalue weighted by Gasteiger charge is -1.94. The Hall–Kier alpha value is -3.45. The van der Waals surface area contributed by atoms with Gasteiger partial charge < -0.3 is 8.94 Å². The second kappa shape index (κ2) is 5.98. The summed E-state index contributed by atoms with van der Waals surface area (Å²) < 4.78 is 11.0. The van der Waals surface area contributed by atoms with Gasteiger partial charge in [-0.25, -0.2) is 10.8 Å². The number of nitrogens with zero attached hydrogens (tertiary/aromatic N) is 3. The van der Waals surface area contributed by atoms with E-state index in [4.69, 9.17) is 14.8 Å². The molecular formula is C17H13N5O2. The molecule has 4 aromatic rings. The van der Waals surface area contributed by atoms with Crippen LogP contribution >= 0.6 is 0 Å². The van der Waals surface area contributed by atoms with Gasteiger partial charge in [0.15, 0.2) is 5.69 Å². The highest BCUT2D eigenvalue weighted by molar-refractivity contribution is 5.69. The van der Waals surface area contributed by atoms with Crippen LogP contribution in [-0.4, -0.2) is 15.1 Å². The molecule has 2 aromatic heterocycles. The fraction of sp³-hybridized carbons (Fsp3) is 0. The maximum absolute atomic E-state index is 5.64. The lowest BCUT2D eigenvalue weighted by Crippen LogP contribution is -2.06. The molecular weight excluding hydrogens is 306 g/mol. The number of benzene rings is 2. The maximum atomic E-state index is 5.64. The molecule has 118 valence electrons. The number of nitrogens with two attached hydrogens (primary N) is 1. The minimum atomic E-state index is 0.229. The van der Waals surface area contributed by atoms with Gasteiger partial charge in [-0.05, 0) is 12.1 Å². The minimum Gasteiger partial charge on any atom is -0.418 e. The first-order chi connectivity index (χ1) is 11.8. The lowest BCUT2D eigenvalue weighted by atomic mass is 10.2. The van der Waals surface area contributed by atoms with Crippen molar-refractivity contribution < 1.29 is 8.94 Å². The van der Waals surface area contributed by atoms with Crippen molar-refractivity contribution in [3.63, 3.8) is 0 Å². The van der Waals surface area contributed by atoms with Gasteiger partial charge in [-0.2, -0.15) is 4.98 Å². The van der Waals surface area contributed by atoms with Crippen molar-refractivity contribution in [2.24, 2.45) is 5.84 Å². The Kier molecular flexibility index (Phi) is 3.53. The zero-order valence-electron chi connectivity index (χ0n) is 12.5. The van der Waals surface area contributed by atoms with E-state index in [0.29, 0.717) is 17.4 Å². The van der Waals surface area contributed by atoms with Crippen LogP contribution in [0.2, 0.25) is 0 Å². The van der Waals surface area contributed by atoms with Gasteiger partial charge >= 0.3 is 0 Å². The van der Waals surface area contributed by atoms with Crippen molar-refractivity contribution in [2.75, 3.05) is 5.43 Å². The third kappa shape index (κ3) is 2.53. The molecule has 0 amide bonds. The molecule has 0 bridgehead atoms. The van der Waals surface area contributed by atoms with Crippen LogP contribution in [0.25, 0.3) is 34.4 Å². The monoisotopic (exact) mass is 319 g/mol. The van der Waals surface area contributed by atoms with Crippen LogP contribution in [0, 0.1) is 0 Å². The fourth-order valence-corrected chi connectivity index (χ4v) is 2.29. The molecule has 0 saturated heterocycles. The third-order valence-electron chi connectivity index (χ3n) is 3.44. The Bertz CT molecular complexity index is 948. The van der Waals surface area contributed by atoms with Gasteiger partial charge in [0.25, 0.3) is 5.89 Å². The SMILES string of the molecule is NNc1oc(-c2ccccc2)nc1-c1nc(-c2ccccc2)no1. The van der Waals surface area contributed by atoms with Gasteiger partial charge in [-0.3, -0.25) is 5.43 Å². The van der Waals surface area contributed by atoms with E-state index in [1.54, 1.807) is 0 Å². The predicted octanol–water partition coefficient (Wildman–Crippen LogP) is 3.34. The van der Waals surface area contributed by atoms with E-state index in [0.717, 1.165) is 11.1 Å². The van der Waals surface area contributed by atoms with Crippen molar-refractivity contribution in [1.82, 2.24) is 15.1 Å². The van der Waals surface area contributed by atoms with Crippen LogP contribution in [0.3, 0.4) is 0 Å². The third-order valence-corrected chi connectivity index (χ3v) is 3.44. The highest BCUT2D eigenvalue weighted by Crippen LogP contribution is 2.32. The number of aromatic nitrogens is 3. The summed E-state index contributed by atoms with van der Waals surface area (Å²) in [5.74, 6) is 6.90. The Balaban J connectivity index is 1.74. The molecule has 2 aromatic carbocycles. The molecule has 3 N–H and O–H groups in total. The van der Waals surface area contributed by atoms with Gasteiger partial charge in [-0.1, -0.05) is 53.7 Å². The summed E-state index contributed by atoms with van der Waals surface area (Å²) in [6.07, 6.45) is 0. The van der Waals surface area contributed by atoms with E-state index < -0.39 is 0 Å². The molecule has 0 aliphatic rings. The summed E-state index contributed by atoms with van der Waals surface area (Å²) in [6, 6.07) is 19.0. The Morgan fingerprint density at radius 1 is 0.792 bits per heavy atom. The highest BCUT2D eigenvalue weighted by atomic mass is 16.5. The number of nitrogen functional groups attached to an aromatic ring is 1. The molecule has 0 saturated carbocycles. The fourth-order valence-electron chi connectivity index (χ4n) is 2.29. The average Bonchev–Trinajstić information content (AvgIpc) is 3.30. The molecule has 2 heterocycles. The van der Waals surface area contributed by atoms with E-state index >= 15 is 0 Å². The van der Waals surface area contributed by atoms with Crippen LogP contribution in [0.15, 0.2) is 69.6 Å². The normalized spacial score (nSPS) is 10.7. The first-order valence-corrected chi connectivity index (χ1v) is 7.27. The predicted molar refractivity (Wildman–Crippen MR) is 88.5 cm³/mol. The molecule has 0 radical (unpaired) electrons. The number of hydrogen-bond donors (Lipinski definition) is 2. The standard InChI is InChI=1S/C17H13N5O2/c18-21-17-13(19-15(23-17)12-9-5-2-6-10-12)16-20-14(22-24-16)11-7-3-1-4-8-11/h1-10,21H,18H2. The summed E-state index contributed by atoms with van der Waals surface area (Å²) in [4.78, 5) is 8.79. The first kappa shape index (κ1) is 14.2. The van der Waals surface area contributed by atoms with Gasteiger partial charge in [-0.15, -0.1) is 0 Å². The average molecular weight is 319 g/mol. The smallest absolute Gasteiger partial charge is 0.282 e. The number of nitrogens with one attached hydrogen (secondary N) is 1.